The van der Waals surface area contributed by atoms with Crippen LogP contribution in [0.4, 0.5) is 13.2 Å². The van der Waals surface area contributed by atoms with E-state index in [9.17, 15) is 18.3 Å². The van der Waals surface area contributed by atoms with E-state index in [0.717, 1.165) is 12.1 Å². The summed E-state index contributed by atoms with van der Waals surface area (Å²) in [6, 6.07) is 4.61. The van der Waals surface area contributed by atoms with Gasteiger partial charge >= 0.3 is 6.18 Å². The molecule has 2 nitrogen and oxygen atoms in total. The molecule has 120 valence electrons. The minimum atomic E-state index is -4.42. The lowest BCUT2D eigenvalue weighted by molar-refractivity contribution is -0.137. The maximum absolute atomic E-state index is 12.7. The van der Waals surface area contributed by atoms with Gasteiger partial charge in [0, 0.05) is 6.42 Å². The third-order valence-corrected chi connectivity index (χ3v) is 3.68. The lowest BCUT2D eigenvalue weighted by Crippen LogP contribution is -2.22. The number of rotatable bonds is 2. The molecule has 22 heavy (non-hydrogen) atoms. The molecule has 1 unspecified atom stereocenters. The second kappa shape index (κ2) is 5.71. The molecule has 1 aromatic carbocycles. The smallest absolute Gasteiger partial charge is 0.416 e. The Morgan fingerprint density at radius 1 is 1.18 bits per heavy atom. The van der Waals surface area contributed by atoms with Gasteiger partial charge in [-0.15, -0.1) is 0 Å². The first kappa shape index (κ1) is 16.5. The highest BCUT2D eigenvalue weighted by molar-refractivity contribution is 5.34. The van der Waals surface area contributed by atoms with Gasteiger partial charge in [-0.25, -0.2) is 0 Å². The Labute approximate surface area is 127 Å². The second-order valence-corrected chi connectivity index (χ2v) is 6.47. The first-order valence-corrected chi connectivity index (χ1v) is 7.03. The molecule has 0 radical (unpaired) electrons. The van der Waals surface area contributed by atoms with E-state index in [0.29, 0.717) is 6.42 Å². The zero-order valence-electron chi connectivity index (χ0n) is 12.7. The summed E-state index contributed by atoms with van der Waals surface area (Å²) in [6.07, 6.45) is -0.471. The summed E-state index contributed by atoms with van der Waals surface area (Å²) < 4.78 is 43.4. The Kier molecular flexibility index (Phi) is 4.27. The summed E-state index contributed by atoms with van der Waals surface area (Å²) in [5.41, 5.74) is -0.788. The van der Waals surface area contributed by atoms with Crippen LogP contribution in [0.1, 0.15) is 32.8 Å². The van der Waals surface area contributed by atoms with Gasteiger partial charge in [0.15, 0.2) is 5.76 Å². The molecule has 0 fully saturated rings. The summed E-state index contributed by atoms with van der Waals surface area (Å²) in [4.78, 5) is 0. The number of ether oxygens (including phenoxy) is 1. The summed E-state index contributed by atoms with van der Waals surface area (Å²) in [7, 11) is 0. The molecule has 0 saturated carbocycles. The van der Waals surface area contributed by atoms with Crippen LogP contribution in [0.3, 0.4) is 0 Å². The van der Waals surface area contributed by atoms with Crippen LogP contribution in [0.2, 0.25) is 0 Å². The Morgan fingerprint density at radius 2 is 1.86 bits per heavy atom. The van der Waals surface area contributed by atoms with Crippen molar-refractivity contribution < 1.29 is 23.0 Å². The molecule has 0 spiro atoms. The normalized spacial score (nSPS) is 19.5. The standard InChI is InChI=1S/C17H19F3O2/c1-16(2,3)11-7-8-15(14(21)10-11)22-13-6-4-5-12(9-13)17(18,19)20/h4-9,11,21H,10H2,1-3H3. The summed E-state index contributed by atoms with van der Waals surface area (Å²) in [5, 5.41) is 10.1. The molecular weight excluding hydrogens is 293 g/mol. The molecule has 0 saturated heterocycles. The first-order valence-electron chi connectivity index (χ1n) is 7.03. The van der Waals surface area contributed by atoms with E-state index in [1.54, 1.807) is 6.08 Å². The predicted molar refractivity (Wildman–Crippen MR) is 78.4 cm³/mol. The number of alkyl halides is 3. The number of halogens is 3. The molecule has 0 heterocycles. The SMILES string of the molecule is CC(C)(C)C1C=CC(Oc2cccc(C(F)(F)F)c2)=C(O)C1. The number of hydrogen-bond acceptors (Lipinski definition) is 2. The fourth-order valence-corrected chi connectivity index (χ4v) is 2.23. The molecule has 1 aliphatic carbocycles. The molecule has 0 aliphatic heterocycles. The number of benzene rings is 1. The maximum Gasteiger partial charge on any atom is 0.416 e. The van der Waals surface area contributed by atoms with Gasteiger partial charge in [-0.2, -0.15) is 13.2 Å². The van der Waals surface area contributed by atoms with Crippen LogP contribution in [0.5, 0.6) is 5.75 Å². The van der Waals surface area contributed by atoms with Crippen LogP contribution in [0, 0.1) is 11.3 Å². The van der Waals surface area contributed by atoms with Crippen LogP contribution < -0.4 is 4.74 Å². The van der Waals surface area contributed by atoms with E-state index < -0.39 is 11.7 Å². The van der Waals surface area contributed by atoms with Crippen molar-refractivity contribution in [2.45, 2.75) is 33.4 Å². The fourth-order valence-electron chi connectivity index (χ4n) is 2.23. The molecule has 1 N–H and O–H groups in total. The van der Waals surface area contributed by atoms with Crippen molar-refractivity contribution >= 4 is 0 Å². The Balaban J connectivity index is 2.17. The summed E-state index contributed by atoms with van der Waals surface area (Å²) in [6.45, 7) is 6.19. The Bertz CT molecular complexity index is 607. The van der Waals surface area contributed by atoms with E-state index in [-0.39, 0.29) is 28.6 Å². The molecule has 1 aromatic rings. The van der Waals surface area contributed by atoms with Crippen molar-refractivity contribution in [3.05, 3.63) is 53.5 Å². The molecule has 5 heteroatoms. The van der Waals surface area contributed by atoms with Crippen LogP contribution >= 0.6 is 0 Å². The summed E-state index contributed by atoms with van der Waals surface area (Å²) in [5.74, 6) is 0.455. The van der Waals surface area contributed by atoms with Gasteiger partial charge in [-0.05, 0) is 35.6 Å². The van der Waals surface area contributed by atoms with Gasteiger partial charge < -0.3 is 9.84 Å². The first-order chi connectivity index (χ1) is 10.1. The highest BCUT2D eigenvalue weighted by atomic mass is 19.4. The van der Waals surface area contributed by atoms with Gasteiger partial charge in [0.1, 0.15) is 11.5 Å². The van der Waals surface area contributed by atoms with Gasteiger partial charge in [0.05, 0.1) is 5.56 Å². The van der Waals surface area contributed by atoms with Gasteiger partial charge in [0.25, 0.3) is 0 Å². The highest BCUT2D eigenvalue weighted by Gasteiger charge is 2.31. The van der Waals surface area contributed by atoms with E-state index >= 15 is 0 Å². The molecule has 0 aromatic heterocycles. The van der Waals surface area contributed by atoms with Crippen LogP contribution in [0.15, 0.2) is 47.9 Å². The van der Waals surface area contributed by atoms with Gasteiger partial charge in [-0.1, -0.05) is 32.9 Å². The third-order valence-electron chi connectivity index (χ3n) is 3.68. The molecule has 1 atom stereocenters. The quantitative estimate of drug-likeness (QED) is 0.784. The highest BCUT2D eigenvalue weighted by Crippen LogP contribution is 2.37. The van der Waals surface area contributed by atoms with Gasteiger partial charge in [-0.3, -0.25) is 0 Å². The zero-order chi connectivity index (χ0) is 16.5. The topological polar surface area (TPSA) is 29.5 Å². The van der Waals surface area contributed by atoms with Crippen molar-refractivity contribution in [1.29, 1.82) is 0 Å². The van der Waals surface area contributed by atoms with Crippen molar-refractivity contribution in [2.24, 2.45) is 11.3 Å². The lowest BCUT2D eigenvalue weighted by Gasteiger charge is -2.30. The van der Waals surface area contributed by atoms with Crippen molar-refractivity contribution in [1.82, 2.24) is 0 Å². The average molecular weight is 312 g/mol. The Morgan fingerprint density at radius 3 is 2.41 bits per heavy atom. The van der Waals surface area contributed by atoms with E-state index in [1.165, 1.54) is 12.1 Å². The van der Waals surface area contributed by atoms with Crippen LogP contribution in [-0.2, 0) is 6.18 Å². The predicted octanol–water partition coefficient (Wildman–Crippen LogP) is 5.48. The minimum Gasteiger partial charge on any atom is -0.508 e. The molecule has 0 bridgehead atoms. The van der Waals surface area contributed by atoms with Crippen molar-refractivity contribution in [2.75, 3.05) is 0 Å². The zero-order valence-corrected chi connectivity index (χ0v) is 12.7. The van der Waals surface area contributed by atoms with E-state index in [4.69, 9.17) is 4.74 Å². The van der Waals surface area contributed by atoms with Crippen molar-refractivity contribution in [3.8, 4) is 5.75 Å². The van der Waals surface area contributed by atoms with Crippen LogP contribution in [0.25, 0.3) is 0 Å². The lowest BCUT2D eigenvalue weighted by atomic mass is 9.76. The number of aliphatic hydroxyl groups is 1. The minimum absolute atomic E-state index is 0.00773. The summed E-state index contributed by atoms with van der Waals surface area (Å²) >= 11 is 0. The third kappa shape index (κ3) is 3.84. The number of allylic oxidation sites excluding steroid dienone is 3. The molecule has 0 amide bonds. The second-order valence-electron chi connectivity index (χ2n) is 6.47. The maximum atomic E-state index is 12.7. The van der Waals surface area contributed by atoms with Crippen LogP contribution in [-0.4, -0.2) is 5.11 Å². The molecule has 2 rings (SSSR count). The average Bonchev–Trinajstić information content (AvgIpc) is 2.39. The van der Waals surface area contributed by atoms with E-state index in [1.807, 2.05) is 6.08 Å². The fraction of sp³-hybridized carbons (Fsp3) is 0.412. The molecular formula is C17H19F3O2. The largest absolute Gasteiger partial charge is 0.508 e. The van der Waals surface area contributed by atoms with E-state index in [2.05, 4.69) is 20.8 Å². The van der Waals surface area contributed by atoms with Gasteiger partial charge in [0.2, 0.25) is 0 Å². The number of hydrogen-bond donors (Lipinski definition) is 1. The number of aliphatic hydroxyl groups excluding tert-OH is 1. The monoisotopic (exact) mass is 312 g/mol. The molecule has 1 aliphatic rings. The Hall–Kier alpha value is -1.91. The van der Waals surface area contributed by atoms with Crippen molar-refractivity contribution in [3.63, 3.8) is 0 Å².